The molecule has 5 nitrogen and oxygen atoms in total. The minimum absolute atomic E-state index is 0.435. The SMILES string of the molecule is Cc1c(Cl)nnc2sc3c(NC4CCC4)ncnc3c12. The fraction of sp³-hybridized carbons (Fsp3) is 0.385. The maximum atomic E-state index is 6.07. The Balaban J connectivity index is 1.96. The van der Waals surface area contributed by atoms with Crippen LogP contribution in [0.3, 0.4) is 0 Å². The summed E-state index contributed by atoms with van der Waals surface area (Å²) in [6.07, 6.45) is 5.31. The van der Waals surface area contributed by atoms with Gasteiger partial charge in [-0.1, -0.05) is 11.6 Å². The fourth-order valence-electron chi connectivity index (χ4n) is 2.42. The van der Waals surface area contributed by atoms with Gasteiger partial charge < -0.3 is 5.32 Å². The van der Waals surface area contributed by atoms with Gasteiger partial charge in [0.05, 0.1) is 10.2 Å². The lowest BCUT2D eigenvalue weighted by molar-refractivity contribution is 0.445. The number of anilines is 1. The normalized spacial score (nSPS) is 15.7. The average Bonchev–Trinajstić information content (AvgIpc) is 2.78. The van der Waals surface area contributed by atoms with E-state index in [2.05, 4.69) is 25.5 Å². The van der Waals surface area contributed by atoms with Crippen LogP contribution < -0.4 is 5.32 Å². The fourth-order valence-corrected chi connectivity index (χ4v) is 3.64. The predicted molar refractivity (Wildman–Crippen MR) is 81.5 cm³/mol. The van der Waals surface area contributed by atoms with Gasteiger partial charge in [-0.25, -0.2) is 9.97 Å². The topological polar surface area (TPSA) is 63.6 Å². The van der Waals surface area contributed by atoms with Gasteiger partial charge in [0, 0.05) is 17.0 Å². The van der Waals surface area contributed by atoms with E-state index in [1.807, 2.05) is 6.92 Å². The molecule has 3 aromatic rings. The largest absolute Gasteiger partial charge is 0.366 e. The van der Waals surface area contributed by atoms with Crippen molar-refractivity contribution in [1.82, 2.24) is 20.2 Å². The van der Waals surface area contributed by atoms with Crippen molar-refractivity contribution < 1.29 is 0 Å². The highest BCUT2D eigenvalue weighted by Gasteiger charge is 2.21. The van der Waals surface area contributed by atoms with E-state index in [1.54, 1.807) is 17.7 Å². The molecule has 20 heavy (non-hydrogen) atoms. The van der Waals surface area contributed by atoms with Crippen LogP contribution >= 0.6 is 22.9 Å². The number of fused-ring (bicyclic) bond motifs is 3. The Bertz CT molecular complexity index is 811. The third kappa shape index (κ3) is 1.75. The van der Waals surface area contributed by atoms with E-state index in [0.29, 0.717) is 11.2 Å². The van der Waals surface area contributed by atoms with Crippen molar-refractivity contribution in [2.24, 2.45) is 0 Å². The highest BCUT2D eigenvalue weighted by atomic mass is 35.5. The molecule has 1 aliphatic rings. The molecular weight excluding hydrogens is 294 g/mol. The highest BCUT2D eigenvalue weighted by Crippen LogP contribution is 2.38. The van der Waals surface area contributed by atoms with Crippen LogP contribution in [0.25, 0.3) is 20.4 Å². The number of nitrogens with one attached hydrogen (secondary N) is 1. The number of aryl methyl sites for hydroxylation is 1. The van der Waals surface area contributed by atoms with Gasteiger partial charge in [-0.3, -0.25) is 0 Å². The second-order valence-corrected chi connectivity index (χ2v) is 6.43. The number of hydrogen-bond acceptors (Lipinski definition) is 6. The number of nitrogens with zero attached hydrogens (tertiary/aromatic N) is 4. The van der Waals surface area contributed by atoms with Crippen LogP contribution in [0.5, 0.6) is 0 Å². The van der Waals surface area contributed by atoms with Crippen LogP contribution in [0.2, 0.25) is 5.15 Å². The lowest BCUT2D eigenvalue weighted by atomic mass is 9.93. The van der Waals surface area contributed by atoms with Gasteiger partial charge in [0.2, 0.25) is 0 Å². The molecule has 0 radical (unpaired) electrons. The minimum atomic E-state index is 0.435. The molecule has 1 fully saturated rings. The molecule has 3 heterocycles. The summed E-state index contributed by atoms with van der Waals surface area (Å²) in [5.41, 5.74) is 1.84. The third-order valence-corrected chi connectivity index (χ3v) is 5.24. The summed E-state index contributed by atoms with van der Waals surface area (Å²) < 4.78 is 1.04. The Labute approximate surface area is 124 Å². The molecule has 0 atom stereocenters. The highest BCUT2D eigenvalue weighted by molar-refractivity contribution is 7.26. The molecule has 0 saturated heterocycles. The van der Waals surface area contributed by atoms with Gasteiger partial charge >= 0.3 is 0 Å². The van der Waals surface area contributed by atoms with Crippen molar-refractivity contribution in [3.63, 3.8) is 0 Å². The van der Waals surface area contributed by atoms with Crippen molar-refractivity contribution in [3.05, 3.63) is 17.0 Å². The Morgan fingerprint density at radius 2 is 2.15 bits per heavy atom. The predicted octanol–water partition coefficient (Wildman–Crippen LogP) is 3.56. The number of rotatable bonds is 2. The minimum Gasteiger partial charge on any atom is -0.366 e. The van der Waals surface area contributed by atoms with Gasteiger partial charge in [-0.05, 0) is 26.2 Å². The number of halogens is 1. The Kier molecular flexibility index (Phi) is 2.75. The van der Waals surface area contributed by atoms with Gasteiger partial charge in [0.1, 0.15) is 17.0 Å². The Hall–Kier alpha value is -1.53. The number of aromatic nitrogens is 4. The van der Waals surface area contributed by atoms with E-state index in [9.17, 15) is 0 Å². The third-order valence-electron chi connectivity index (χ3n) is 3.81. The molecule has 1 N–H and O–H groups in total. The lowest BCUT2D eigenvalue weighted by Gasteiger charge is -2.26. The molecule has 102 valence electrons. The zero-order valence-electron chi connectivity index (χ0n) is 10.9. The molecule has 1 aliphatic carbocycles. The molecule has 3 aromatic heterocycles. The zero-order valence-corrected chi connectivity index (χ0v) is 12.4. The Morgan fingerprint density at radius 3 is 2.90 bits per heavy atom. The van der Waals surface area contributed by atoms with E-state index in [4.69, 9.17) is 11.6 Å². The molecule has 0 aromatic carbocycles. The molecule has 0 spiro atoms. The first-order valence-electron chi connectivity index (χ1n) is 6.56. The van der Waals surface area contributed by atoms with Crippen molar-refractivity contribution in [2.45, 2.75) is 32.2 Å². The number of hydrogen-bond donors (Lipinski definition) is 1. The summed E-state index contributed by atoms with van der Waals surface area (Å²) in [7, 11) is 0. The van der Waals surface area contributed by atoms with E-state index < -0.39 is 0 Å². The standard InChI is InChI=1S/C13H12ClN5S/c1-6-8-9-10(20-13(8)19-18-11(6)14)12(16-5-15-9)17-7-3-2-4-7/h5,7H,2-4H2,1H3,(H,15,16,17). The van der Waals surface area contributed by atoms with E-state index >= 15 is 0 Å². The van der Waals surface area contributed by atoms with Crippen LogP contribution in [0, 0.1) is 6.92 Å². The first-order valence-corrected chi connectivity index (χ1v) is 7.76. The summed E-state index contributed by atoms with van der Waals surface area (Å²) in [5.74, 6) is 0.901. The van der Waals surface area contributed by atoms with Crippen LogP contribution in [0.4, 0.5) is 5.82 Å². The monoisotopic (exact) mass is 305 g/mol. The van der Waals surface area contributed by atoms with Gasteiger partial charge in [-0.2, -0.15) is 0 Å². The molecule has 1 saturated carbocycles. The lowest BCUT2D eigenvalue weighted by Crippen LogP contribution is -2.27. The maximum Gasteiger partial charge on any atom is 0.155 e. The summed E-state index contributed by atoms with van der Waals surface area (Å²) in [6, 6.07) is 0.536. The second-order valence-electron chi connectivity index (χ2n) is 5.07. The number of thiophene rings is 1. The molecule has 0 aliphatic heterocycles. The van der Waals surface area contributed by atoms with Crippen LogP contribution in [0.1, 0.15) is 24.8 Å². The van der Waals surface area contributed by atoms with Crippen molar-refractivity contribution in [2.75, 3.05) is 5.32 Å². The van der Waals surface area contributed by atoms with Crippen LogP contribution in [-0.4, -0.2) is 26.2 Å². The first-order chi connectivity index (χ1) is 9.74. The average molecular weight is 306 g/mol. The van der Waals surface area contributed by atoms with Crippen molar-refractivity contribution in [3.8, 4) is 0 Å². The maximum absolute atomic E-state index is 6.07. The Morgan fingerprint density at radius 1 is 1.30 bits per heavy atom. The molecule has 0 amide bonds. The molecule has 0 unspecified atom stereocenters. The van der Waals surface area contributed by atoms with Gasteiger partial charge in [0.25, 0.3) is 0 Å². The van der Waals surface area contributed by atoms with Crippen LogP contribution in [-0.2, 0) is 0 Å². The van der Waals surface area contributed by atoms with E-state index in [1.165, 1.54) is 19.3 Å². The summed E-state index contributed by atoms with van der Waals surface area (Å²) >= 11 is 7.64. The zero-order chi connectivity index (χ0) is 13.7. The molecule has 4 rings (SSSR count). The molecule has 7 heteroatoms. The van der Waals surface area contributed by atoms with Gasteiger partial charge in [0.15, 0.2) is 5.15 Å². The quantitative estimate of drug-likeness (QED) is 0.784. The molecule has 0 bridgehead atoms. The second kappa shape index (κ2) is 4.49. The summed E-state index contributed by atoms with van der Waals surface area (Å²) in [6.45, 7) is 1.95. The smallest absolute Gasteiger partial charge is 0.155 e. The van der Waals surface area contributed by atoms with Crippen molar-refractivity contribution >= 4 is 49.2 Å². The molecular formula is C13H12ClN5S. The van der Waals surface area contributed by atoms with Gasteiger partial charge in [-0.15, -0.1) is 21.5 Å². The first kappa shape index (κ1) is 12.2. The summed E-state index contributed by atoms with van der Waals surface area (Å²) in [4.78, 5) is 9.66. The van der Waals surface area contributed by atoms with Crippen LogP contribution in [0.15, 0.2) is 6.33 Å². The van der Waals surface area contributed by atoms with Crippen molar-refractivity contribution in [1.29, 1.82) is 0 Å². The van der Waals surface area contributed by atoms with E-state index in [-0.39, 0.29) is 0 Å². The summed E-state index contributed by atoms with van der Waals surface area (Å²) in [5, 5.41) is 13.1. The van der Waals surface area contributed by atoms with E-state index in [0.717, 1.165) is 31.8 Å².